The summed E-state index contributed by atoms with van der Waals surface area (Å²) >= 11 is 0. The lowest BCUT2D eigenvalue weighted by Gasteiger charge is -2.28. The molecule has 2 aliphatic rings. The predicted molar refractivity (Wildman–Crippen MR) is 78.7 cm³/mol. The summed E-state index contributed by atoms with van der Waals surface area (Å²) in [6.07, 6.45) is -0.511. The quantitative estimate of drug-likeness (QED) is 0.753. The molecule has 120 valence electrons. The van der Waals surface area contributed by atoms with E-state index in [2.05, 4.69) is 5.32 Å². The molecule has 2 fully saturated rings. The summed E-state index contributed by atoms with van der Waals surface area (Å²) in [5.41, 5.74) is 1.10. The fraction of sp³-hybridized carbons (Fsp3) is 0.562. The Labute approximate surface area is 129 Å². The largest absolute Gasteiger partial charge is 0.497 e. The smallest absolute Gasteiger partial charge is 0.314 e. The number of benzene rings is 1. The van der Waals surface area contributed by atoms with Gasteiger partial charge in [-0.2, -0.15) is 0 Å². The van der Waals surface area contributed by atoms with Crippen LogP contribution < -0.4 is 10.1 Å². The van der Waals surface area contributed by atoms with Crippen LogP contribution in [-0.2, 0) is 20.7 Å². The first kappa shape index (κ1) is 15.3. The number of ether oxygens (including phenoxy) is 3. The third-order valence-corrected chi connectivity index (χ3v) is 4.20. The van der Waals surface area contributed by atoms with Gasteiger partial charge < -0.3 is 24.6 Å². The maximum atomic E-state index is 12.0. The topological polar surface area (TPSA) is 77.0 Å². The lowest BCUT2D eigenvalue weighted by molar-refractivity contribution is -0.173. The maximum absolute atomic E-state index is 12.0. The van der Waals surface area contributed by atoms with Gasteiger partial charge >= 0.3 is 5.97 Å². The van der Waals surface area contributed by atoms with Crippen LogP contribution in [0.25, 0.3) is 0 Å². The van der Waals surface area contributed by atoms with Gasteiger partial charge in [0, 0.05) is 6.54 Å². The number of carbonyl (C=O) groups excluding carboxylic acids is 1. The molecule has 0 saturated carbocycles. The van der Waals surface area contributed by atoms with Crippen molar-refractivity contribution in [2.75, 3.05) is 26.9 Å². The van der Waals surface area contributed by atoms with E-state index in [0.717, 1.165) is 11.3 Å². The molecule has 0 amide bonds. The molecular formula is C16H21NO5. The first-order valence-electron chi connectivity index (χ1n) is 7.50. The van der Waals surface area contributed by atoms with Crippen LogP contribution in [0.5, 0.6) is 5.75 Å². The van der Waals surface area contributed by atoms with Crippen LogP contribution in [-0.4, -0.2) is 56.2 Å². The van der Waals surface area contributed by atoms with E-state index in [1.54, 1.807) is 7.11 Å². The van der Waals surface area contributed by atoms with E-state index in [-0.39, 0.29) is 17.9 Å². The second kappa shape index (κ2) is 6.64. The summed E-state index contributed by atoms with van der Waals surface area (Å²) in [5, 5.41) is 13.3. The Morgan fingerprint density at radius 2 is 2.09 bits per heavy atom. The normalized spacial score (nSPS) is 28.2. The minimum absolute atomic E-state index is 0.0895. The zero-order valence-corrected chi connectivity index (χ0v) is 12.5. The Kier molecular flexibility index (Phi) is 4.61. The fourth-order valence-electron chi connectivity index (χ4n) is 2.74. The van der Waals surface area contributed by atoms with Gasteiger partial charge in [-0.15, -0.1) is 0 Å². The van der Waals surface area contributed by atoms with Gasteiger partial charge in [0.1, 0.15) is 23.9 Å². The highest BCUT2D eigenvalue weighted by Gasteiger charge is 2.40. The van der Waals surface area contributed by atoms with Crippen LogP contribution in [0.15, 0.2) is 24.3 Å². The Bertz CT molecular complexity index is 514. The Morgan fingerprint density at radius 1 is 1.36 bits per heavy atom. The van der Waals surface area contributed by atoms with Crippen molar-refractivity contribution in [3.8, 4) is 5.75 Å². The predicted octanol–water partition coefficient (Wildman–Crippen LogP) is 0.129. The zero-order chi connectivity index (χ0) is 15.5. The molecule has 0 unspecified atom stereocenters. The highest BCUT2D eigenvalue weighted by Crippen LogP contribution is 2.21. The van der Waals surface area contributed by atoms with Gasteiger partial charge in [-0.25, -0.2) is 0 Å². The first-order valence-corrected chi connectivity index (χ1v) is 7.50. The van der Waals surface area contributed by atoms with Crippen molar-refractivity contribution in [2.45, 2.75) is 24.7 Å². The molecule has 2 saturated heterocycles. The zero-order valence-electron chi connectivity index (χ0n) is 12.5. The van der Waals surface area contributed by atoms with Crippen LogP contribution in [0.4, 0.5) is 0 Å². The molecule has 0 aromatic heterocycles. The van der Waals surface area contributed by atoms with Gasteiger partial charge in [0.05, 0.1) is 26.4 Å². The lowest BCUT2D eigenvalue weighted by Crippen LogP contribution is -2.44. The van der Waals surface area contributed by atoms with E-state index in [1.807, 2.05) is 24.3 Å². The lowest BCUT2D eigenvalue weighted by atomic mass is 10.0. The molecule has 1 aromatic rings. The van der Waals surface area contributed by atoms with Gasteiger partial charge in [0.2, 0.25) is 0 Å². The minimum Gasteiger partial charge on any atom is -0.497 e. The monoisotopic (exact) mass is 307 g/mol. The molecule has 0 radical (unpaired) electrons. The van der Waals surface area contributed by atoms with E-state index >= 15 is 0 Å². The highest BCUT2D eigenvalue weighted by molar-refractivity contribution is 5.73. The van der Waals surface area contributed by atoms with E-state index in [1.165, 1.54) is 0 Å². The Hall–Kier alpha value is -1.63. The molecule has 3 atom stereocenters. The fourth-order valence-corrected chi connectivity index (χ4v) is 2.74. The van der Waals surface area contributed by atoms with Crippen molar-refractivity contribution in [1.82, 2.24) is 5.32 Å². The van der Waals surface area contributed by atoms with Crippen LogP contribution in [0, 0.1) is 5.92 Å². The van der Waals surface area contributed by atoms with Gasteiger partial charge in [-0.3, -0.25) is 4.79 Å². The maximum Gasteiger partial charge on any atom is 0.314 e. The molecule has 6 nitrogen and oxygen atoms in total. The van der Waals surface area contributed by atoms with Crippen molar-refractivity contribution in [3.63, 3.8) is 0 Å². The molecule has 22 heavy (non-hydrogen) atoms. The van der Waals surface area contributed by atoms with Gasteiger partial charge in [-0.1, -0.05) is 12.1 Å². The number of aliphatic hydroxyl groups excluding tert-OH is 1. The summed E-state index contributed by atoms with van der Waals surface area (Å²) in [5.74, 6) is 0.337. The first-order chi connectivity index (χ1) is 10.7. The number of aliphatic hydroxyl groups is 1. The van der Waals surface area contributed by atoms with E-state index in [4.69, 9.17) is 14.2 Å². The summed E-state index contributed by atoms with van der Waals surface area (Å²) in [4.78, 5) is 12.0. The van der Waals surface area contributed by atoms with Crippen LogP contribution in [0.1, 0.15) is 5.56 Å². The number of hydrogen-bond acceptors (Lipinski definition) is 6. The number of nitrogens with one attached hydrogen (secondary N) is 1. The standard InChI is InChI=1S/C16H21NO5/c1-20-12-4-2-10(3-5-12)6-13-15(14(18)7-17-13)22-16(19)11-8-21-9-11/h2-5,11,13-15,17-18H,6-9H2,1H3/t13-,14+,15+/m1/s1. The highest BCUT2D eigenvalue weighted by atomic mass is 16.6. The Morgan fingerprint density at radius 3 is 2.68 bits per heavy atom. The van der Waals surface area contributed by atoms with Crippen LogP contribution >= 0.6 is 0 Å². The van der Waals surface area contributed by atoms with Crippen molar-refractivity contribution < 1.29 is 24.1 Å². The summed E-state index contributed by atoms with van der Waals surface area (Å²) < 4.78 is 15.6. The Balaban J connectivity index is 1.61. The number of methoxy groups -OCH3 is 1. The number of β-amino-alcohol motifs (C(OH)–C–C–N with tert-alkyl or cyclic N) is 1. The van der Waals surface area contributed by atoms with Crippen LogP contribution in [0.2, 0.25) is 0 Å². The van der Waals surface area contributed by atoms with E-state index in [0.29, 0.717) is 26.2 Å². The average molecular weight is 307 g/mol. The average Bonchev–Trinajstić information content (AvgIpc) is 2.79. The molecule has 2 aliphatic heterocycles. The molecule has 3 rings (SSSR count). The molecule has 0 spiro atoms. The number of carbonyl (C=O) groups is 1. The van der Waals surface area contributed by atoms with Gasteiger partial charge in [-0.05, 0) is 24.1 Å². The van der Waals surface area contributed by atoms with Crippen LogP contribution in [0.3, 0.4) is 0 Å². The van der Waals surface area contributed by atoms with Crippen molar-refractivity contribution in [2.24, 2.45) is 5.92 Å². The molecule has 0 bridgehead atoms. The SMILES string of the molecule is COc1ccc(C[C@H]2NC[C@H](O)[C@H]2OC(=O)C2COC2)cc1. The van der Waals surface area contributed by atoms with E-state index in [9.17, 15) is 9.90 Å². The minimum atomic E-state index is -0.673. The molecule has 2 heterocycles. The van der Waals surface area contributed by atoms with Crippen molar-refractivity contribution >= 4 is 5.97 Å². The van der Waals surface area contributed by atoms with Gasteiger partial charge in [0.15, 0.2) is 0 Å². The number of esters is 1. The van der Waals surface area contributed by atoms with Gasteiger partial charge in [0.25, 0.3) is 0 Å². The third-order valence-electron chi connectivity index (χ3n) is 4.20. The molecule has 1 aromatic carbocycles. The summed E-state index contributed by atoms with van der Waals surface area (Å²) in [6, 6.07) is 7.66. The van der Waals surface area contributed by atoms with Crippen molar-refractivity contribution in [3.05, 3.63) is 29.8 Å². The van der Waals surface area contributed by atoms with E-state index < -0.39 is 12.2 Å². The summed E-state index contributed by atoms with van der Waals surface area (Å²) in [6.45, 7) is 1.26. The molecular weight excluding hydrogens is 286 g/mol. The number of hydrogen-bond donors (Lipinski definition) is 2. The van der Waals surface area contributed by atoms with Crippen molar-refractivity contribution in [1.29, 1.82) is 0 Å². The molecule has 0 aliphatic carbocycles. The molecule has 2 N–H and O–H groups in total. The number of rotatable bonds is 5. The molecule has 6 heteroatoms. The second-order valence-corrected chi connectivity index (χ2v) is 5.77. The second-order valence-electron chi connectivity index (χ2n) is 5.77. The summed E-state index contributed by atoms with van der Waals surface area (Å²) in [7, 11) is 1.63. The third kappa shape index (κ3) is 3.24.